The van der Waals surface area contributed by atoms with Crippen molar-refractivity contribution < 1.29 is 17.9 Å². The van der Waals surface area contributed by atoms with Crippen molar-refractivity contribution in [2.45, 2.75) is 11.8 Å². The maximum absolute atomic E-state index is 11.7. The van der Waals surface area contributed by atoms with Crippen LogP contribution >= 0.6 is 0 Å². The molecular formula is C14H20N2O4S. The fourth-order valence-electron chi connectivity index (χ4n) is 2.59. The Morgan fingerprint density at radius 2 is 1.90 bits per heavy atom. The summed E-state index contributed by atoms with van der Waals surface area (Å²) in [6.45, 7) is 3.35. The monoisotopic (exact) mass is 312 g/mol. The van der Waals surface area contributed by atoms with Gasteiger partial charge in [-0.1, -0.05) is 6.92 Å². The summed E-state index contributed by atoms with van der Waals surface area (Å²) in [7, 11) is -0.641. The smallest absolute Gasteiger partial charge is 0.310 e. The summed E-state index contributed by atoms with van der Waals surface area (Å²) in [5.41, 5.74) is 0.906. The molecule has 1 aromatic rings. The van der Waals surface area contributed by atoms with Crippen LogP contribution in [0.3, 0.4) is 0 Å². The van der Waals surface area contributed by atoms with Gasteiger partial charge in [-0.05, 0) is 37.2 Å². The van der Waals surface area contributed by atoms with E-state index in [2.05, 4.69) is 9.62 Å². The van der Waals surface area contributed by atoms with Gasteiger partial charge in [0.15, 0.2) is 0 Å². The van der Waals surface area contributed by atoms with Gasteiger partial charge in [-0.2, -0.15) is 0 Å². The second kappa shape index (κ2) is 6.03. The number of sulfonamides is 1. The number of anilines is 1. The Balaban J connectivity index is 2.16. The standard InChI is InChI=1S/C14H20N2O4S/c1-10-8-16(9-13(10)14(17)20-3)11-4-6-12(7-5-11)21(18,19)15-2/h4-7,10,13,15H,8-9H2,1-3H3. The van der Waals surface area contributed by atoms with E-state index in [1.165, 1.54) is 14.2 Å². The summed E-state index contributed by atoms with van der Waals surface area (Å²) in [4.78, 5) is 14.0. The predicted octanol–water partition coefficient (Wildman–Crippen LogP) is 0.840. The molecule has 1 N–H and O–H groups in total. The van der Waals surface area contributed by atoms with Gasteiger partial charge in [0.05, 0.1) is 17.9 Å². The Morgan fingerprint density at radius 3 is 2.43 bits per heavy atom. The lowest BCUT2D eigenvalue weighted by Crippen LogP contribution is -2.24. The fourth-order valence-corrected chi connectivity index (χ4v) is 3.32. The molecule has 0 aliphatic carbocycles. The summed E-state index contributed by atoms with van der Waals surface area (Å²) in [5, 5.41) is 0. The van der Waals surface area contributed by atoms with E-state index in [0.29, 0.717) is 6.54 Å². The van der Waals surface area contributed by atoms with Crippen LogP contribution in [-0.2, 0) is 19.6 Å². The second-order valence-electron chi connectivity index (χ2n) is 5.21. The number of rotatable bonds is 4. The minimum atomic E-state index is -3.42. The van der Waals surface area contributed by atoms with E-state index in [4.69, 9.17) is 4.74 Å². The molecule has 1 aromatic carbocycles. The van der Waals surface area contributed by atoms with E-state index >= 15 is 0 Å². The molecule has 7 heteroatoms. The molecule has 0 aromatic heterocycles. The number of nitrogens with zero attached hydrogens (tertiary/aromatic N) is 1. The van der Waals surface area contributed by atoms with Crippen LogP contribution in [0.5, 0.6) is 0 Å². The number of benzene rings is 1. The van der Waals surface area contributed by atoms with Crippen molar-refractivity contribution in [2.24, 2.45) is 11.8 Å². The van der Waals surface area contributed by atoms with Gasteiger partial charge in [-0.3, -0.25) is 4.79 Å². The Bertz CT molecular complexity index is 612. The maximum atomic E-state index is 11.7. The van der Waals surface area contributed by atoms with Gasteiger partial charge in [0, 0.05) is 18.8 Å². The molecule has 0 saturated carbocycles. The molecule has 2 unspecified atom stereocenters. The molecule has 0 radical (unpaired) electrons. The zero-order chi connectivity index (χ0) is 15.6. The summed E-state index contributed by atoms with van der Waals surface area (Å²) < 4.78 is 30.5. The molecule has 1 fully saturated rings. The molecule has 6 nitrogen and oxygen atoms in total. The Morgan fingerprint density at radius 1 is 1.29 bits per heavy atom. The molecule has 1 aliphatic rings. The Labute approximate surface area is 125 Å². The molecule has 116 valence electrons. The Hall–Kier alpha value is -1.60. The first-order valence-corrected chi connectivity index (χ1v) is 8.23. The topological polar surface area (TPSA) is 75.7 Å². The lowest BCUT2D eigenvalue weighted by molar-refractivity contribution is -0.145. The van der Waals surface area contributed by atoms with Gasteiger partial charge < -0.3 is 9.64 Å². The molecule has 1 saturated heterocycles. The van der Waals surface area contributed by atoms with Gasteiger partial charge in [0.2, 0.25) is 10.0 Å². The minimum Gasteiger partial charge on any atom is -0.469 e. The number of carbonyl (C=O) groups excluding carboxylic acids is 1. The maximum Gasteiger partial charge on any atom is 0.310 e. The molecule has 0 bridgehead atoms. The number of nitrogens with one attached hydrogen (secondary N) is 1. The first-order chi connectivity index (χ1) is 9.89. The highest BCUT2D eigenvalue weighted by molar-refractivity contribution is 7.89. The van der Waals surface area contributed by atoms with Crippen molar-refractivity contribution in [1.29, 1.82) is 0 Å². The molecular weight excluding hydrogens is 292 g/mol. The minimum absolute atomic E-state index is 0.143. The van der Waals surface area contributed by atoms with Crippen molar-refractivity contribution >= 4 is 21.7 Å². The van der Waals surface area contributed by atoms with E-state index in [-0.39, 0.29) is 22.7 Å². The van der Waals surface area contributed by atoms with E-state index in [1.807, 2.05) is 6.92 Å². The molecule has 21 heavy (non-hydrogen) atoms. The fraction of sp³-hybridized carbons (Fsp3) is 0.500. The van der Waals surface area contributed by atoms with Crippen LogP contribution in [0.2, 0.25) is 0 Å². The van der Waals surface area contributed by atoms with E-state index in [0.717, 1.165) is 12.2 Å². The van der Waals surface area contributed by atoms with E-state index < -0.39 is 10.0 Å². The molecule has 2 atom stereocenters. The van der Waals surface area contributed by atoms with Crippen LogP contribution in [0.25, 0.3) is 0 Å². The normalized spacial score (nSPS) is 22.3. The molecule has 0 amide bonds. The van der Waals surface area contributed by atoms with Gasteiger partial charge in [-0.15, -0.1) is 0 Å². The number of carbonyl (C=O) groups is 1. The molecule has 2 rings (SSSR count). The first kappa shape index (κ1) is 15.8. The number of ether oxygens (including phenoxy) is 1. The highest BCUT2D eigenvalue weighted by Gasteiger charge is 2.35. The average Bonchev–Trinajstić information content (AvgIpc) is 2.88. The SMILES string of the molecule is CNS(=O)(=O)c1ccc(N2CC(C)C(C(=O)OC)C2)cc1. The zero-order valence-corrected chi connectivity index (χ0v) is 13.2. The van der Waals surface area contributed by atoms with Crippen LogP contribution in [0.15, 0.2) is 29.2 Å². The van der Waals surface area contributed by atoms with Crippen molar-refractivity contribution in [3.05, 3.63) is 24.3 Å². The van der Waals surface area contributed by atoms with Crippen molar-refractivity contribution in [1.82, 2.24) is 4.72 Å². The summed E-state index contributed by atoms with van der Waals surface area (Å²) in [5.74, 6) is -0.131. The quantitative estimate of drug-likeness (QED) is 0.834. The molecule has 0 spiro atoms. The first-order valence-electron chi connectivity index (χ1n) is 6.75. The van der Waals surface area contributed by atoms with E-state index in [1.54, 1.807) is 24.3 Å². The van der Waals surface area contributed by atoms with Crippen molar-refractivity contribution in [3.63, 3.8) is 0 Å². The third kappa shape index (κ3) is 3.19. The van der Waals surface area contributed by atoms with Crippen LogP contribution in [0.1, 0.15) is 6.92 Å². The average molecular weight is 312 g/mol. The van der Waals surface area contributed by atoms with Crippen LogP contribution in [-0.4, -0.2) is 41.6 Å². The highest BCUT2D eigenvalue weighted by Crippen LogP contribution is 2.29. The number of methoxy groups -OCH3 is 1. The third-order valence-electron chi connectivity index (χ3n) is 3.90. The molecule has 1 heterocycles. The number of hydrogen-bond donors (Lipinski definition) is 1. The van der Waals surface area contributed by atoms with Crippen LogP contribution < -0.4 is 9.62 Å². The lowest BCUT2D eigenvalue weighted by atomic mass is 9.99. The van der Waals surface area contributed by atoms with Gasteiger partial charge >= 0.3 is 5.97 Å². The van der Waals surface area contributed by atoms with E-state index in [9.17, 15) is 13.2 Å². The van der Waals surface area contributed by atoms with Crippen molar-refractivity contribution in [3.8, 4) is 0 Å². The summed E-state index contributed by atoms with van der Waals surface area (Å²) in [6.07, 6.45) is 0. The number of hydrogen-bond acceptors (Lipinski definition) is 5. The van der Waals surface area contributed by atoms with Crippen LogP contribution in [0, 0.1) is 11.8 Å². The number of esters is 1. The van der Waals surface area contributed by atoms with Gasteiger partial charge in [0.25, 0.3) is 0 Å². The summed E-state index contributed by atoms with van der Waals surface area (Å²) >= 11 is 0. The van der Waals surface area contributed by atoms with Crippen LogP contribution in [0.4, 0.5) is 5.69 Å². The zero-order valence-electron chi connectivity index (χ0n) is 12.4. The van der Waals surface area contributed by atoms with Gasteiger partial charge in [0.1, 0.15) is 0 Å². The third-order valence-corrected chi connectivity index (χ3v) is 5.33. The second-order valence-corrected chi connectivity index (χ2v) is 7.10. The largest absolute Gasteiger partial charge is 0.469 e. The Kier molecular flexibility index (Phi) is 4.53. The summed E-state index contributed by atoms with van der Waals surface area (Å²) in [6, 6.07) is 6.65. The molecule has 1 aliphatic heterocycles. The predicted molar refractivity (Wildman–Crippen MR) is 79.6 cm³/mol. The lowest BCUT2D eigenvalue weighted by Gasteiger charge is -2.18. The van der Waals surface area contributed by atoms with Crippen molar-refractivity contribution in [2.75, 3.05) is 32.1 Å². The van der Waals surface area contributed by atoms with Gasteiger partial charge in [-0.25, -0.2) is 13.1 Å². The highest BCUT2D eigenvalue weighted by atomic mass is 32.2.